The minimum absolute atomic E-state index is 0.00213. The van der Waals surface area contributed by atoms with Gasteiger partial charge in [0.25, 0.3) is 0 Å². The van der Waals surface area contributed by atoms with Crippen molar-refractivity contribution in [3.8, 4) is 5.75 Å². The average molecular weight is 284 g/mol. The standard InChI is InChI=1S/C16H12OS2/c18-15-12-8-4-5-9-14(12)17-16(19)13(15)10-11-6-2-1-3-7-11/h1-9,13H,10H2. The maximum Gasteiger partial charge on any atom is 0.176 e. The van der Waals surface area contributed by atoms with Gasteiger partial charge in [-0.1, -0.05) is 60.7 Å². The van der Waals surface area contributed by atoms with Crippen molar-refractivity contribution in [2.45, 2.75) is 6.42 Å². The zero-order chi connectivity index (χ0) is 13.2. The summed E-state index contributed by atoms with van der Waals surface area (Å²) in [5.41, 5.74) is 2.22. The maximum atomic E-state index is 5.73. The van der Waals surface area contributed by atoms with Gasteiger partial charge in [-0.2, -0.15) is 0 Å². The van der Waals surface area contributed by atoms with Crippen molar-refractivity contribution >= 4 is 34.4 Å². The van der Waals surface area contributed by atoms with E-state index in [0.717, 1.165) is 22.6 Å². The van der Waals surface area contributed by atoms with Crippen LogP contribution in [0.25, 0.3) is 0 Å². The molecule has 0 N–H and O–H groups in total. The van der Waals surface area contributed by atoms with Crippen molar-refractivity contribution in [3.63, 3.8) is 0 Å². The minimum atomic E-state index is 0.00213. The Hall–Kier alpha value is -1.58. The first-order valence-electron chi connectivity index (χ1n) is 6.14. The molecule has 0 aliphatic carbocycles. The van der Waals surface area contributed by atoms with Crippen molar-refractivity contribution in [3.05, 3.63) is 65.7 Å². The predicted molar refractivity (Wildman–Crippen MR) is 85.0 cm³/mol. The van der Waals surface area contributed by atoms with E-state index in [-0.39, 0.29) is 5.92 Å². The summed E-state index contributed by atoms with van der Waals surface area (Å²) in [6.45, 7) is 0. The molecule has 1 nitrogen and oxygen atoms in total. The number of fused-ring (bicyclic) bond motifs is 1. The van der Waals surface area contributed by atoms with Gasteiger partial charge >= 0.3 is 0 Å². The lowest BCUT2D eigenvalue weighted by Gasteiger charge is -2.26. The number of benzene rings is 2. The molecule has 1 aliphatic rings. The van der Waals surface area contributed by atoms with Crippen molar-refractivity contribution in [1.29, 1.82) is 0 Å². The first-order valence-corrected chi connectivity index (χ1v) is 6.96. The molecule has 0 saturated heterocycles. The Balaban J connectivity index is 1.92. The van der Waals surface area contributed by atoms with E-state index < -0.39 is 0 Å². The molecule has 1 aliphatic heterocycles. The SMILES string of the molecule is S=C1Oc2ccccc2C(=S)C1Cc1ccccc1. The van der Waals surface area contributed by atoms with Gasteiger partial charge in [0, 0.05) is 10.4 Å². The van der Waals surface area contributed by atoms with Crippen LogP contribution in [0.2, 0.25) is 0 Å². The lowest BCUT2D eigenvalue weighted by molar-refractivity contribution is 0.520. The molecule has 94 valence electrons. The van der Waals surface area contributed by atoms with E-state index in [4.69, 9.17) is 29.2 Å². The predicted octanol–water partition coefficient (Wildman–Crippen LogP) is 3.98. The van der Waals surface area contributed by atoms with E-state index in [0.29, 0.717) is 5.05 Å². The summed E-state index contributed by atoms with van der Waals surface area (Å²) in [5.74, 6) is 0.782. The van der Waals surface area contributed by atoms with Crippen LogP contribution in [-0.4, -0.2) is 9.92 Å². The molecule has 0 radical (unpaired) electrons. The second-order valence-electron chi connectivity index (χ2n) is 4.52. The molecule has 0 saturated carbocycles. The van der Waals surface area contributed by atoms with Crippen LogP contribution in [0.15, 0.2) is 54.6 Å². The molecule has 19 heavy (non-hydrogen) atoms. The number of para-hydroxylation sites is 1. The summed E-state index contributed by atoms with van der Waals surface area (Å²) >= 11 is 11.0. The topological polar surface area (TPSA) is 9.23 Å². The fraction of sp³-hybridized carbons (Fsp3) is 0.125. The fourth-order valence-electron chi connectivity index (χ4n) is 2.26. The van der Waals surface area contributed by atoms with E-state index in [1.807, 2.05) is 42.5 Å². The van der Waals surface area contributed by atoms with Crippen LogP contribution in [0.1, 0.15) is 11.1 Å². The quantitative estimate of drug-likeness (QED) is 0.772. The average Bonchev–Trinajstić information content (AvgIpc) is 2.45. The first-order chi connectivity index (χ1) is 9.25. The zero-order valence-electron chi connectivity index (χ0n) is 10.2. The van der Waals surface area contributed by atoms with E-state index in [2.05, 4.69) is 12.1 Å². The van der Waals surface area contributed by atoms with Crippen LogP contribution >= 0.6 is 24.4 Å². The van der Waals surface area contributed by atoms with Gasteiger partial charge < -0.3 is 4.74 Å². The van der Waals surface area contributed by atoms with Gasteiger partial charge in [0.2, 0.25) is 0 Å². The van der Waals surface area contributed by atoms with E-state index >= 15 is 0 Å². The second-order valence-corrected chi connectivity index (χ2v) is 5.37. The van der Waals surface area contributed by atoms with Crippen molar-refractivity contribution in [2.24, 2.45) is 5.92 Å². The molecule has 0 aromatic heterocycles. The lowest BCUT2D eigenvalue weighted by atomic mass is 9.90. The van der Waals surface area contributed by atoms with Gasteiger partial charge in [-0.3, -0.25) is 0 Å². The highest BCUT2D eigenvalue weighted by atomic mass is 32.1. The number of ether oxygens (including phenoxy) is 1. The van der Waals surface area contributed by atoms with Crippen LogP contribution in [0.5, 0.6) is 5.75 Å². The fourth-order valence-corrected chi connectivity index (χ4v) is 2.98. The number of hydrogen-bond donors (Lipinski definition) is 0. The smallest absolute Gasteiger partial charge is 0.176 e. The van der Waals surface area contributed by atoms with Crippen molar-refractivity contribution in [1.82, 2.24) is 0 Å². The molecule has 0 amide bonds. The number of hydrogen-bond acceptors (Lipinski definition) is 3. The zero-order valence-corrected chi connectivity index (χ0v) is 11.8. The lowest BCUT2D eigenvalue weighted by Crippen LogP contribution is -2.33. The Morgan fingerprint density at radius 2 is 1.58 bits per heavy atom. The highest BCUT2D eigenvalue weighted by Crippen LogP contribution is 2.30. The largest absolute Gasteiger partial charge is 0.449 e. The third-order valence-electron chi connectivity index (χ3n) is 3.25. The van der Waals surface area contributed by atoms with Crippen molar-refractivity contribution < 1.29 is 4.74 Å². The third kappa shape index (κ3) is 2.44. The molecular weight excluding hydrogens is 272 g/mol. The normalized spacial score (nSPS) is 17.8. The van der Waals surface area contributed by atoms with Gasteiger partial charge in [-0.15, -0.1) is 0 Å². The Morgan fingerprint density at radius 3 is 2.37 bits per heavy atom. The Labute approximate surface area is 123 Å². The monoisotopic (exact) mass is 284 g/mol. The summed E-state index contributed by atoms with van der Waals surface area (Å²) in [6, 6.07) is 18.1. The van der Waals surface area contributed by atoms with Crippen LogP contribution < -0.4 is 4.74 Å². The summed E-state index contributed by atoms with van der Waals surface area (Å²) in [5, 5.41) is 0.576. The highest BCUT2D eigenvalue weighted by molar-refractivity contribution is 7.82. The third-order valence-corrected chi connectivity index (χ3v) is 4.12. The summed E-state index contributed by atoms with van der Waals surface area (Å²) < 4.78 is 5.73. The van der Waals surface area contributed by atoms with Crippen LogP contribution in [-0.2, 0) is 6.42 Å². The van der Waals surface area contributed by atoms with Gasteiger partial charge in [-0.05, 0) is 30.3 Å². The molecule has 0 spiro atoms. The second kappa shape index (κ2) is 5.19. The van der Waals surface area contributed by atoms with E-state index in [1.165, 1.54) is 5.56 Å². The molecule has 1 heterocycles. The number of thiocarbonyl (C=S) groups is 2. The molecule has 0 bridgehead atoms. The molecule has 1 unspecified atom stereocenters. The minimum Gasteiger partial charge on any atom is -0.449 e. The molecule has 3 heteroatoms. The summed E-state index contributed by atoms with van der Waals surface area (Å²) in [6.07, 6.45) is 0.798. The van der Waals surface area contributed by atoms with Crippen molar-refractivity contribution in [2.75, 3.05) is 0 Å². The highest BCUT2D eigenvalue weighted by Gasteiger charge is 2.30. The van der Waals surface area contributed by atoms with Gasteiger partial charge in [0.05, 0.1) is 5.92 Å². The number of rotatable bonds is 2. The van der Waals surface area contributed by atoms with Crippen LogP contribution in [0.3, 0.4) is 0 Å². The maximum absolute atomic E-state index is 5.73. The molecule has 3 rings (SSSR count). The van der Waals surface area contributed by atoms with E-state index in [1.54, 1.807) is 0 Å². The molecule has 2 aromatic rings. The Bertz CT molecular complexity index is 634. The summed E-state index contributed by atoms with van der Waals surface area (Å²) in [4.78, 5) is 0.885. The molecular formula is C16H12OS2. The van der Waals surface area contributed by atoms with Crippen LogP contribution in [0.4, 0.5) is 0 Å². The van der Waals surface area contributed by atoms with E-state index in [9.17, 15) is 0 Å². The van der Waals surface area contributed by atoms with Gasteiger partial charge in [-0.25, -0.2) is 0 Å². The molecule has 1 atom stereocenters. The molecule has 2 aromatic carbocycles. The molecule has 0 fully saturated rings. The Morgan fingerprint density at radius 1 is 0.895 bits per heavy atom. The Kier molecular flexibility index (Phi) is 3.40. The van der Waals surface area contributed by atoms with Crippen LogP contribution in [0, 0.1) is 5.92 Å². The first kappa shape index (κ1) is 12.5. The summed E-state index contributed by atoms with van der Waals surface area (Å²) in [7, 11) is 0. The van der Waals surface area contributed by atoms with Gasteiger partial charge in [0.1, 0.15) is 5.75 Å². The van der Waals surface area contributed by atoms with Gasteiger partial charge in [0.15, 0.2) is 5.05 Å².